The summed E-state index contributed by atoms with van der Waals surface area (Å²) in [6, 6.07) is 11.3. The molecular formula is C22H16BrCl2FN2O3. The Hall–Kier alpha value is -2.61. The van der Waals surface area contributed by atoms with E-state index in [1.54, 1.807) is 38.1 Å². The third kappa shape index (κ3) is 5.36. The average molecular weight is 526 g/mol. The Morgan fingerprint density at radius 1 is 1.06 bits per heavy atom. The van der Waals surface area contributed by atoms with Crippen molar-refractivity contribution < 1.29 is 18.7 Å². The summed E-state index contributed by atoms with van der Waals surface area (Å²) >= 11 is 15.8. The number of hydrogen-bond acceptors (Lipinski definition) is 3. The van der Waals surface area contributed by atoms with Crippen LogP contribution in [0.2, 0.25) is 10.0 Å². The van der Waals surface area contributed by atoms with Gasteiger partial charge in [-0.15, -0.1) is 0 Å². The van der Waals surface area contributed by atoms with E-state index in [4.69, 9.17) is 27.9 Å². The highest BCUT2D eigenvalue weighted by Crippen LogP contribution is 2.41. The number of benzene rings is 3. The van der Waals surface area contributed by atoms with Crippen molar-refractivity contribution in [3.63, 3.8) is 0 Å². The van der Waals surface area contributed by atoms with Gasteiger partial charge in [-0.2, -0.15) is 0 Å². The van der Waals surface area contributed by atoms with Crippen molar-refractivity contribution in [3.8, 4) is 11.5 Å². The first-order valence-electron chi connectivity index (χ1n) is 8.97. The first-order chi connectivity index (χ1) is 14.7. The van der Waals surface area contributed by atoms with Gasteiger partial charge in [-0.1, -0.05) is 35.3 Å². The fraction of sp³-hybridized carbons (Fsp3) is 0.0909. The summed E-state index contributed by atoms with van der Waals surface area (Å²) < 4.78 is 20.3. The number of carbonyl (C=O) groups excluding carboxylic acids is 2. The molecule has 5 nitrogen and oxygen atoms in total. The highest BCUT2D eigenvalue weighted by Gasteiger charge is 2.19. The molecule has 0 aromatic heterocycles. The van der Waals surface area contributed by atoms with Crippen LogP contribution in [0.1, 0.15) is 21.5 Å². The third-order valence-electron chi connectivity index (χ3n) is 4.35. The van der Waals surface area contributed by atoms with Gasteiger partial charge in [0.25, 0.3) is 5.91 Å². The molecule has 3 aromatic rings. The fourth-order valence-electron chi connectivity index (χ4n) is 2.74. The van der Waals surface area contributed by atoms with Crippen molar-refractivity contribution in [3.05, 3.63) is 85.6 Å². The van der Waals surface area contributed by atoms with E-state index in [1.165, 1.54) is 18.2 Å². The van der Waals surface area contributed by atoms with Gasteiger partial charge in [0.05, 0.1) is 15.1 Å². The highest BCUT2D eigenvalue weighted by molar-refractivity contribution is 9.10. The average Bonchev–Trinajstić information content (AvgIpc) is 2.70. The highest BCUT2D eigenvalue weighted by atomic mass is 79.9. The van der Waals surface area contributed by atoms with Gasteiger partial charge < -0.3 is 10.1 Å². The van der Waals surface area contributed by atoms with Gasteiger partial charge in [0.2, 0.25) is 0 Å². The molecule has 0 fully saturated rings. The second kappa shape index (κ2) is 9.68. The van der Waals surface area contributed by atoms with Crippen LogP contribution in [0.3, 0.4) is 0 Å². The topological polar surface area (TPSA) is 67.4 Å². The molecule has 9 heteroatoms. The molecule has 160 valence electrons. The van der Waals surface area contributed by atoms with Crippen molar-refractivity contribution in [2.24, 2.45) is 0 Å². The van der Waals surface area contributed by atoms with Gasteiger partial charge >= 0.3 is 6.03 Å². The molecule has 0 bridgehead atoms. The van der Waals surface area contributed by atoms with Crippen molar-refractivity contribution in [1.29, 1.82) is 0 Å². The minimum atomic E-state index is -0.858. The molecule has 31 heavy (non-hydrogen) atoms. The van der Waals surface area contributed by atoms with E-state index in [0.29, 0.717) is 37.8 Å². The molecule has 0 saturated carbocycles. The van der Waals surface area contributed by atoms with Gasteiger partial charge in [-0.3, -0.25) is 10.1 Å². The first kappa shape index (κ1) is 23.1. The summed E-state index contributed by atoms with van der Waals surface area (Å²) in [5.41, 5.74) is 1.32. The third-order valence-corrected chi connectivity index (χ3v) is 5.66. The fourth-order valence-corrected chi connectivity index (χ4v) is 3.80. The van der Waals surface area contributed by atoms with Crippen LogP contribution in [0.4, 0.5) is 14.9 Å². The number of hydrogen-bond donors (Lipinski definition) is 2. The molecule has 0 aliphatic rings. The number of anilines is 1. The summed E-state index contributed by atoms with van der Waals surface area (Å²) in [5, 5.41) is 5.50. The number of imide groups is 1. The molecule has 0 aliphatic heterocycles. The largest absolute Gasteiger partial charge is 0.454 e. The zero-order valence-electron chi connectivity index (χ0n) is 16.4. The van der Waals surface area contributed by atoms with Crippen molar-refractivity contribution >= 4 is 56.8 Å². The Morgan fingerprint density at radius 3 is 2.45 bits per heavy atom. The molecular weight excluding hydrogens is 510 g/mol. The lowest BCUT2D eigenvalue weighted by Gasteiger charge is -2.17. The predicted molar refractivity (Wildman–Crippen MR) is 123 cm³/mol. The van der Waals surface area contributed by atoms with Crippen LogP contribution in [0.25, 0.3) is 0 Å². The Bertz CT molecular complexity index is 1190. The van der Waals surface area contributed by atoms with Gasteiger partial charge in [0.1, 0.15) is 17.3 Å². The number of amides is 3. The molecule has 0 radical (unpaired) electrons. The van der Waals surface area contributed by atoms with Crippen LogP contribution < -0.4 is 15.4 Å². The van der Waals surface area contributed by atoms with E-state index < -0.39 is 17.8 Å². The maximum Gasteiger partial charge on any atom is 0.326 e. The van der Waals surface area contributed by atoms with Crippen LogP contribution in [-0.4, -0.2) is 11.9 Å². The lowest BCUT2D eigenvalue weighted by Crippen LogP contribution is -2.35. The molecule has 0 unspecified atom stereocenters. The number of aryl methyl sites for hydroxylation is 1. The molecule has 0 saturated heterocycles. The number of carbonyl (C=O) groups is 2. The van der Waals surface area contributed by atoms with E-state index in [2.05, 4.69) is 26.6 Å². The quantitative estimate of drug-likeness (QED) is 0.376. The van der Waals surface area contributed by atoms with Crippen LogP contribution in [0, 0.1) is 19.7 Å². The molecule has 0 spiro atoms. The zero-order valence-corrected chi connectivity index (χ0v) is 19.5. The zero-order chi connectivity index (χ0) is 22.7. The molecule has 2 N–H and O–H groups in total. The Balaban J connectivity index is 1.79. The molecule has 0 atom stereocenters. The summed E-state index contributed by atoms with van der Waals surface area (Å²) in [7, 11) is 0. The number of halogens is 4. The van der Waals surface area contributed by atoms with E-state index in [0.717, 1.165) is 6.07 Å². The SMILES string of the molecule is Cc1cc(NC(=O)NC(=O)c2ccccc2F)c(C)c(Cl)c1Oc1ccc(Cl)cc1Br. The van der Waals surface area contributed by atoms with Crippen LogP contribution in [-0.2, 0) is 0 Å². The van der Waals surface area contributed by atoms with Crippen LogP contribution in [0.5, 0.6) is 11.5 Å². The summed E-state index contributed by atoms with van der Waals surface area (Å²) in [6.45, 7) is 3.46. The smallest absolute Gasteiger partial charge is 0.326 e. The van der Waals surface area contributed by atoms with Crippen molar-refractivity contribution in [2.75, 3.05) is 5.32 Å². The molecule has 0 heterocycles. The summed E-state index contributed by atoms with van der Waals surface area (Å²) in [5.74, 6) is -0.653. The van der Waals surface area contributed by atoms with E-state index >= 15 is 0 Å². The van der Waals surface area contributed by atoms with Crippen LogP contribution >= 0.6 is 39.1 Å². The number of urea groups is 1. The number of nitrogens with one attached hydrogen (secondary N) is 2. The Kier molecular flexibility index (Phi) is 7.20. The van der Waals surface area contributed by atoms with Gasteiger partial charge in [-0.25, -0.2) is 9.18 Å². The molecule has 3 amide bonds. The van der Waals surface area contributed by atoms with E-state index in [9.17, 15) is 14.0 Å². The Morgan fingerprint density at radius 2 is 1.77 bits per heavy atom. The predicted octanol–water partition coefficient (Wildman–Crippen LogP) is 7.27. The van der Waals surface area contributed by atoms with Crippen LogP contribution in [0.15, 0.2) is 53.0 Å². The van der Waals surface area contributed by atoms with E-state index in [1.807, 2.05) is 0 Å². The Labute approximate surface area is 196 Å². The number of rotatable bonds is 4. The molecule has 3 aromatic carbocycles. The lowest BCUT2D eigenvalue weighted by atomic mass is 10.1. The molecule has 3 rings (SSSR count). The standard InChI is InChI=1S/C22H16BrCl2FN2O3/c1-11-9-17(27-22(30)28-21(29)14-5-3-4-6-16(14)26)12(2)19(25)20(11)31-18-8-7-13(24)10-15(18)23/h3-10H,1-2H3,(H2,27,28,29,30). The molecule has 0 aliphatic carbocycles. The minimum Gasteiger partial charge on any atom is -0.454 e. The van der Waals surface area contributed by atoms with Crippen molar-refractivity contribution in [1.82, 2.24) is 5.32 Å². The summed E-state index contributed by atoms with van der Waals surface area (Å²) in [6.07, 6.45) is 0. The second-order valence-corrected chi connectivity index (χ2v) is 8.24. The second-order valence-electron chi connectivity index (χ2n) is 6.57. The van der Waals surface area contributed by atoms with Gasteiger partial charge in [-0.05, 0) is 77.3 Å². The lowest BCUT2D eigenvalue weighted by molar-refractivity contribution is 0.0963. The normalized spacial score (nSPS) is 10.5. The van der Waals surface area contributed by atoms with Gasteiger partial charge in [0, 0.05) is 10.7 Å². The summed E-state index contributed by atoms with van der Waals surface area (Å²) in [4.78, 5) is 24.4. The van der Waals surface area contributed by atoms with E-state index in [-0.39, 0.29) is 10.6 Å². The van der Waals surface area contributed by atoms with Crippen molar-refractivity contribution in [2.45, 2.75) is 13.8 Å². The monoisotopic (exact) mass is 524 g/mol. The first-order valence-corrected chi connectivity index (χ1v) is 10.5. The maximum atomic E-state index is 13.7. The minimum absolute atomic E-state index is 0.235. The number of ether oxygens (including phenoxy) is 1. The maximum absolute atomic E-state index is 13.7. The van der Waals surface area contributed by atoms with Gasteiger partial charge in [0.15, 0.2) is 0 Å².